The first-order valence-electron chi connectivity index (χ1n) is 9.23. The molecule has 1 saturated heterocycles. The van der Waals surface area contributed by atoms with E-state index in [0.29, 0.717) is 44.0 Å². The summed E-state index contributed by atoms with van der Waals surface area (Å²) in [6, 6.07) is 11.4. The van der Waals surface area contributed by atoms with Crippen LogP contribution in [-0.4, -0.2) is 55.5 Å². The average Bonchev–Trinajstić information content (AvgIpc) is 2.74. The zero-order valence-electron chi connectivity index (χ0n) is 15.7. The standard InChI is InChI=1S/C19H21N3O6S/c23-22(24)17-10-15(19-16(11-17)13-27-14-28-19)12-20-6-8-21(9-7-20)29(25,26)18-4-2-1-3-5-18/h1-5,10-11H,6-9,12-14H2. The number of benzene rings is 2. The quantitative estimate of drug-likeness (QED) is 0.539. The van der Waals surface area contributed by atoms with Crippen molar-refractivity contribution < 1.29 is 22.8 Å². The molecule has 0 N–H and O–H groups in total. The predicted molar refractivity (Wildman–Crippen MR) is 104 cm³/mol. The van der Waals surface area contributed by atoms with Crippen LogP contribution < -0.4 is 4.74 Å². The number of hydrogen-bond donors (Lipinski definition) is 0. The van der Waals surface area contributed by atoms with Crippen molar-refractivity contribution in [1.29, 1.82) is 0 Å². The first kappa shape index (κ1) is 19.8. The van der Waals surface area contributed by atoms with E-state index in [1.807, 2.05) is 0 Å². The normalized spacial score (nSPS) is 18.1. The minimum absolute atomic E-state index is 0.00172. The lowest BCUT2D eigenvalue weighted by molar-refractivity contribution is -0.385. The number of nitrogens with zero attached hydrogens (tertiary/aromatic N) is 3. The predicted octanol–water partition coefficient (Wildman–Crippen LogP) is 1.97. The van der Waals surface area contributed by atoms with Gasteiger partial charge in [0.25, 0.3) is 5.69 Å². The lowest BCUT2D eigenvalue weighted by Gasteiger charge is -2.34. The molecule has 1 fully saturated rings. The maximum absolute atomic E-state index is 12.8. The summed E-state index contributed by atoms with van der Waals surface area (Å²) >= 11 is 0. The number of ether oxygens (including phenoxy) is 2. The Morgan fingerprint density at radius 2 is 1.79 bits per heavy atom. The second-order valence-electron chi connectivity index (χ2n) is 6.95. The molecule has 2 aromatic carbocycles. The molecule has 0 aliphatic carbocycles. The second kappa shape index (κ2) is 8.07. The molecule has 4 rings (SSSR count). The summed E-state index contributed by atoms with van der Waals surface area (Å²) in [5.74, 6) is 0.626. The SMILES string of the molecule is O=[N+]([O-])c1cc2c(c(CN3CCN(S(=O)(=O)c4ccccc4)CC3)c1)OCOC2. The molecule has 0 bridgehead atoms. The number of sulfonamides is 1. The number of hydrogen-bond acceptors (Lipinski definition) is 7. The Morgan fingerprint density at radius 1 is 1.07 bits per heavy atom. The molecule has 0 aromatic heterocycles. The monoisotopic (exact) mass is 419 g/mol. The summed E-state index contributed by atoms with van der Waals surface area (Å²) < 4.78 is 37.8. The van der Waals surface area contributed by atoms with Crippen molar-refractivity contribution in [2.75, 3.05) is 33.0 Å². The van der Waals surface area contributed by atoms with Gasteiger partial charge < -0.3 is 9.47 Å². The highest BCUT2D eigenvalue weighted by Gasteiger charge is 2.29. The molecule has 0 spiro atoms. The van der Waals surface area contributed by atoms with Crippen LogP contribution in [0.15, 0.2) is 47.4 Å². The molecule has 0 radical (unpaired) electrons. The van der Waals surface area contributed by atoms with E-state index >= 15 is 0 Å². The first-order chi connectivity index (χ1) is 13.9. The van der Waals surface area contributed by atoms with Gasteiger partial charge in [0.15, 0.2) is 6.79 Å². The van der Waals surface area contributed by atoms with Crippen molar-refractivity contribution in [2.45, 2.75) is 18.0 Å². The molecular formula is C19H21N3O6S. The Bertz CT molecular complexity index is 1000. The molecule has 0 atom stereocenters. The van der Waals surface area contributed by atoms with Crippen LogP contribution in [0.25, 0.3) is 0 Å². The van der Waals surface area contributed by atoms with Crippen LogP contribution in [0.4, 0.5) is 5.69 Å². The van der Waals surface area contributed by atoms with E-state index in [-0.39, 0.29) is 24.0 Å². The molecule has 0 amide bonds. The number of nitro benzene ring substituents is 1. The number of fused-ring (bicyclic) bond motifs is 1. The maximum Gasteiger partial charge on any atom is 0.270 e. The number of nitro groups is 1. The van der Waals surface area contributed by atoms with Crippen LogP contribution in [0.1, 0.15) is 11.1 Å². The molecule has 0 unspecified atom stereocenters. The highest BCUT2D eigenvalue weighted by Crippen LogP contribution is 2.33. The van der Waals surface area contributed by atoms with Crippen LogP contribution in [0.5, 0.6) is 5.75 Å². The Hall–Kier alpha value is -2.53. The minimum Gasteiger partial charge on any atom is -0.467 e. The van der Waals surface area contributed by atoms with E-state index in [1.165, 1.54) is 16.4 Å². The Kier molecular flexibility index (Phi) is 5.50. The summed E-state index contributed by atoms with van der Waals surface area (Å²) in [6.45, 7) is 2.61. The largest absolute Gasteiger partial charge is 0.467 e. The highest BCUT2D eigenvalue weighted by molar-refractivity contribution is 7.89. The number of rotatable bonds is 5. The van der Waals surface area contributed by atoms with Crippen LogP contribution >= 0.6 is 0 Å². The minimum atomic E-state index is -3.51. The van der Waals surface area contributed by atoms with E-state index in [2.05, 4.69) is 4.90 Å². The summed E-state index contributed by atoms with van der Waals surface area (Å²) in [7, 11) is -3.51. The van der Waals surface area contributed by atoms with E-state index in [0.717, 1.165) is 5.56 Å². The van der Waals surface area contributed by atoms with E-state index in [1.54, 1.807) is 30.3 Å². The third-order valence-electron chi connectivity index (χ3n) is 5.09. The third kappa shape index (κ3) is 4.10. The summed E-state index contributed by atoms with van der Waals surface area (Å²) in [4.78, 5) is 13.2. The highest BCUT2D eigenvalue weighted by atomic mass is 32.2. The average molecular weight is 419 g/mol. The summed E-state index contributed by atoms with van der Waals surface area (Å²) in [5.41, 5.74) is 1.38. The van der Waals surface area contributed by atoms with Gasteiger partial charge in [-0.25, -0.2) is 8.42 Å². The van der Waals surface area contributed by atoms with Crippen LogP contribution in [0, 0.1) is 10.1 Å². The van der Waals surface area contributed by atoms with E-state index < -0.39 is 14.9 Å². The molecule has 2 aliphatic rings. The smallest absolute Gasteiger partial charge is 0.270 e. The molecule has 2 aromatic rings. The molecule has 2 aliphatic heterocycles. The van der Waals surface area contributed by atoms with Gasteiger partial charge in [0, 0.05) is 56.0 Å². The van der Waals surface area contributed by atoms with Gasteiger partial charge in [0.2, 0.25) is 10.0 Å². The zero-order chi connectivity index (χ0) is 20.4. The van der Waals surface area contributed by atoms with Crippen molar-refractivity contribution in [3.63, 3.8) is 0 Å². The van der Waals surface area contributed by atoms with Gasteiger partial charge in [-0.2, -0.15) is 4.31 Å². The topological polar surface area (TPSA) is 102 Å². The number of piperazine rings is 1. The molecule has 10 heteroatoms. The summed E-state index contributed by atoms with van der Waals surface area (Å²) in [5, 5.41) is 11.3. The van der Waals surface area contributed by atoms with Crippen LogP contribution in [0.2, 0.25) is 0 Å². The van der Waals surface area contributed by atoms with Crippen molar-refractivity contribution >= 4 is 15.7 Å². The van der Waals surface area contributed by atoms with Gasteiger partial charge in [-0.15, -0.1) is 0 Å². The van der Waals surface area contributed by atoms with Crippen LogP contribution in [0.3, 0.4) is 0 Å². The van der Waals surface area contributed by atoms with Crippen molar-refractivity contribution in [1.82, 2.24) is 9.21 Å². The lowest BCUT2D eigenvalue weighted by Crippen LogP contribution is -2.48. The molecule has 0 saturated carbocycles. The molecule has 2 heterocycles. The van der Waals surface area contributed by atoms with Gasteiger partial charge >= 0.3 is 0 Å². The fourth-order valence-corrected chi connectivity index (χ4v) is 5.06. The number of non-ortho nitro benzene ring substituents is 1. The van der Waals surface area contributed by atoms with E-state index in [9.17, 15) is 18.5 Å². The van der Waals surface area contributed by atoms with Gasteiger partial charge in [-0.05, 0) is 12.1 Å². The third-order valence-corrected chi connectivity index (χ3v) is 7.00. The molecule has 29 heavy (non-hydrogen) atoms. The second-order valence-corrected chi connectivity index (χ2v) is 8.89. The Morgan fingerprint density at radius 3 is 2.48 bits per heavy atom. The Labute approximate surface area is 168 Å². The maximum atomic E-state index is 12.8. The van der Waals surface area contributed by atoms with Crippen LogP contribution in [-0.2, 0) is 27.9 Å². The van der Waals surface area contributed by atoms with Gasteiger partial charge in [0.05, 0.1) is 16.4 Å². The molecular weight excluding hydrogens is 398 g/mol. The molecule has 154 valence electrons. The fourth-order valence-electron chi connectivity index (χ4n) is 3.61. The fraction of sp³-hybridized carbons (Fsp3) is 0.368. The van der Waals surface area contributed by atoms with Gasteiger partial charge in [-0.3, -0.25) is 15.0 Å². The Balaban J connectivity index is 1.48. The van der Waals surface area contributed by atoms with E-state index in [4.69, 9.17) is 9.47 Å². The van der Waals surface area contributed by atoms with Crippen molar-refractivity contribution in [2.24, 2.45) is 0 Å². The zero-order valence-corrected chi connectivity index (χ0v) is 16.5. The van der Waals surface area contributed by atoms with Gasteiger partial charge in [-0.1, -0.05) is 18.2 Å². The van der Waals surface area contributed by atoms with Crippen molar-refractivity contribution in [3.05, 3.63) is 63.7 Å². The summed E-state index contributed by atoms with van der Waals surface area (Å²) in [6.07, 6.45) is 0. The molecule has 9 nitrogen and oxygen atoms in total. The van der Waals surface area contributed by atoms with Gasteiger partial charge in [0.1, 0.15) is 5.75 Å². The lowest BCUT2D eigenvalue weighted by atomic mass is 10.1. The van der Waals surface area contributed by atoms with Crippen molar-refractivity contribution in [3.8, 4) is 5.75 Å². The first-order valence-corrected chi connectivity index (χ1v) is 10.7.